The molecule has 0 bridgehead atoms. The van der Waals surface area contributed by atoms with Crippen LogP contribution < -0.4 is 15.0 Å². The first kappa shape index (κ1) is 23.8. The molecule has 1 aliphatic carbocycles. The summed E-state index contributed by atoms with van der Waals surface area (Å²) >= 11 is 0. The highest BCUT2D eigenvalue weighted by Gasteiger charge is 2.35. The third-order valence-corrected chi connectivity index (χ3v) is 7.75. The van der Waals surface area contributed by atoms with Gasteiger partial charge in [-0.1, -0.05) is 33.1 Å². The molecule has 1 saturated carbocycles. The van der Waals surface area contributed by atoms with E-state index in [9.17, 15) is 4.79 Å². The van der Waals surface area contributed by atoms with E-state index in [1.54, 1.807) is 0 Å². The molecule has 9 nitrogen and oxygen atoms in total. The molecule has 5 rings (SSSR count). The Morgan fingerprint density at radius 2 is 1.91 bits per heavy atom. The number of pyridine rings is 1. The second-order valence-corrected chi connectivity index (χ2v) is 10.4. The Morgan fingerprint density at radius 1 is 1.17 bits per heavy atom. The number of tetrazole rings is 1. The molecule has 35 heavy (non-hydrogen) atoms. The molecule has 1 fully saturated rings. The minimum absolute atomic E-state index is 0.0378. The molecule has 2 aromatic heterocycles. The molecule has 2 aliphatic rings. The van der Waals surface area contributed by atoms with Crippen LogP contribution in [-0.2, 0) is 12.1 Å². The number of benzene rings is 1. The van der Waals surface area contributed by atoms with Crippen LogP contribution in [0.3, 0.4) is 0 Å². The number of fused-ring (bicyclic) bond motifs is 2. The minimum atomic E-state index is -0.185. The molecule has 3 heterocycles. The van der Waals surface area contributed by atoms with Gasteiger partial charge >= 0.3 is 0 Å². The first-order valence-electron chi connectivity index (χ1n) is 12.9. The van der Waals surface area contributed by atoms with Crippen LogP contribution in [0.25, 0.3) is 10.9 Å². The highest BCUT2D eigenvalue weighted by molar-refractivity contribution is 5.83. The lowest BCUT2D eigenvalue weighted by molar-refractivity contribution is 0.102. The summed E-state index contributed by atoms with van der Waals surface area (Å²) in [6, 6.07) is 6.23. The third kappa shape index (κ3) is 4.53. The van der Waals surface area contributed by atoms with Gasteiger partial charge < -0.3 is 14.5 Å². The van der Waals surface area contributed by atoms with Gasteiger partial charge in [0.25, 0.3) is 5.56 Å². The first-order chi connectivity index (χ1) is 16.9. The highest BCUT2D eigenvalue weighted by Crippen LogP contribution is 2.37. The van der Waals surface area contributed by atoms with Crippen molar-refractivity contribution in [3.05, 3.63) is 39.9 Å². The number of rotatable bonds is 9. The second kappa shape index (κ2) is 9.60. The summed E-state index contributed by atoms with van der Waals surface area (Å²) in [5.41, 5.74) is 1.25. The predicted molar refractivity (Wildman–Crippen MR) is 134 cm³/mol. The molecule has 9 heteroatoms. The Morgan fingerprint density at radius 3 is 2.63 bits per heavy atom. The van der Waals surface area contributed by atoms with Crippen LogP contribution in [0.2, 0.25) is 0 Å². The Kier molecular flexibility index (Phi) is 6.53. The van der Waals surface area contributed by atoms with Crippen molar-refractivity contribution in [1.82, 2.24) is 30.1 Å². The molecule has 1 N–H and O–H groups in total. The van der Waals surface area contributed by atoms with Crippen LogP contribution in [0.4, 0.5) is 0 Å². The lowest BCUT2D eigenvalue weighted by Gasteiger charge is -2.37. The van der Waals surface area contributed by atoms with Gasteiger partial charge in [0, 0.05) is 29.6 Å². The maximum atomic E-state index is 13.2. The van der Waals surface area contributed by atoms with Crippen LogP contribution in [0.1, 0.15) is 90.1 Å². The zero-order valence-corrected chi connectivity index (χ0v) is 21.2. The SMILES string of the molecule is CCC[C@@H](c1nnnn1C(C)(C)CC)N(Cc1cc2cc3c(cc2[nH]c1=O)OCO3)C1CCCC1. The molecule has 0 amide bonds. The lowest BCUT2D eigenvalue weighted by Crippen LogP contribution is -2.41. The fourth-order valence-corrected chi connectivity index (χ4v) is 5.38. The summed E-state index contributed by atoms with van der Waals surface area (Å²) in [6.45, 7) is 9.47. The van der Waals surface area contributed by atoms with E-state index >= 15 is 0 Å². The van der Waals surface area contributed by atoms with Crippen LogP contribution in [0.15, 0.2) is 23.0 Å². The second-order valence-electron chi connectivity index (χ2n) is 10.4. The predicted octanol–water partition coefficient (Wildman–Crippen LogP) is 4.67. The summed E-state index contributed by atoms with van der Waals surface area (Å²) in [4.78, 5) is 18.8. The van der Waals surface area contributed by atoms with E-state index in [2.05, 4.69) is 53.1 Å². The van der Waals surface area contributed by atoms with E-state index in [4.69, 9.17) is 9.47 Å². The topological polar surface area (TPSA) is 98.2 Å². The molecule has 1 atom stereocenters. The zero-order valence-electron chi connectivity index (χ0n) is 21.2. The maximum Gasteiger partial charge on any atom is 0.252 e. The largest absolute Gasteiger partial charge is 0.454 e. The fraction of sp³-hybridized carbons (Fsp3) is 0.615. The molecule has 188 valence electrons. The van der Waals surface area contributed by atoms with Crippen molar-refractivity contribution < 1.29 is 9.47 Å². The Labute approximate surface area is 205 Å². The van der Waals surface area contributed by atoms with Crippen molar-refractivity contribution in [2.75, 3.05) is 6.79 Å². The molecule has 0 unspecified atom stereocenters. The van der Waals surface area contributed by atoms with Crippen LogP contribution >= 0.6 is 0 Å². The van der Waals surface area contributed by atoms with Crippen LogP contribution in [0.5, 0.6) is 11.5 Å². The number of H-pyrrole nitrogens is 1. The van der Waals surface area contributed by atoms with Crippen molar-refractivity contribution in [2.45, 2.75) is 96.8 Å². The quantitative estimate of drug-likeness (QED) is 0.475. The van der Waals surface area contributed by atoms with E-state index in [0.29, 0.717) is 24.1 Å². The maximum absolute atomic E-state index is 13.2. The number of hydrogen-bond acceptors (Lipinski definition) is 7. The van der Waals surface area contributed by atoms with E-state index in [1.807, 2.05) is 22.9 Å². The van der Waals surface area contributed by atoms with E-state index in [-0.39, 0.29) is 23.9 Å². The molecule has 3 aromatic rings. The standard InChI is InChI=1S/C26H36N6O3/c1-5-9-21(24-28-29-30-32(24)26(3,4)6-2)31(19-10-7-8-11-19)15-18-12-17-13-22-23(35-16-34-22)14-20(17)27-25(18)33/h12-14,19,21H,5-11,15-16H2,1-4H3,(H,27,33)/t21-/m0/s1. The molecule has 1 aliphatic heterocycles. The number of nitrogens with one attached hydrogen (secondary N) is 1. The third-order valence-electron chi connectivity index (χ3n) is 7.75. The molecule has 0 saturated heterocycles. The van der Waals surface area contributed by atoms with Crippen LogP contribution in [-0.4, -0.2) is 42.9 Å². The van der Waals surface area contributed by atoms with E-state index in [0.717, 1.165) is 54.4 Å². The Balaban J connectivity index is 1.55. The number of aromatic amines is 1. The summed E-state index contributed by atoms with van der Waals surface area (Å²) in [6.07, 6.45) is 7.54. The summed E-state index contributed by atoms with van der Waals surface area (Å²) < 4.78 is 13.0. The van der Waals surface area contributed by atoms with Gasteiger partial charge in [0.05, 0.1) is 17.1 Å². The van der Waals surface area contributed by atoms with Gasteiger partial charge in [0.2, 0.25) is 6.79 Å². The normalized spacial score (nSPS) is 17.1. The summed E-state index contributed by atoms with van der Waals surface area (Å²) in [7, 11) is 0. The zero-order chi connectivity index (χ0) is 24.6. The molecule has 0 radical (unpaired) electrons. The van der Waals surface area contributed by atoms with Crippen molar-refractivity contribution in [3.63, 3.8) is 0 Å². The van der Waals surface area contributed by atoms with Crippen molar-refractivity contribution in [2.24, 2.45) is 0 Å². The number of ether oxygens (including phenoxy) is 2. The Bertz CT molecular complexity index is 1240. The van der Waals surface area contributed by atoms with Gasteiger partial charge in [-0.3, -0.25) is 9.69 Å². The summed E-state index contributed by atoms with van der Waals surface area (Å²) in [5.74, 6) is 2.28. The van der Waals surface area contributed by atoms with Gasteiger partial charge in [0.15, 0.2) is 17.3 Å². The Hall–Kier alpha value is -2.94. The van der Waals surface area contributed by atoms with Gasteiger partial charge in [-0.25, -0.2) is 4.68 Å². The highest BCUT2D eigenvalue weighted by atomic mass is 16.7. The van der Waals surface area contributed by atoms with Crippen LogP contribution in [0, 0.1) is 0 Å². The molecule has 0 spiro atoms. The molecular formula is C26H36N6O3. The van der Waals surface area contributed by atoms with Gasteiger partial charge in [-0.05, 0) is 62.1 Å². The number of nitrogens with zero attached hydrogens (tertiary/aromatic N) is 5. The van der Waals surface area contributed by atoms with E-state index in [1.165, 1.54) is 12.8 Å². The number of aromatic nitrogens is 5. The van der Waals surface area contributed by atoms with Gasteiger partial charge in [-0.2, -0.15) is 0 Å². The van der Waals surface area contributed by atoms with Crippen molar-refractivity contribution in [1.29, 1.82) is 0 Å². The van der Waals surface area contributed by atoms with E-state index < -0.39 is 0 Å². The monoisotopic (exact) mass is 480 g/mol. The number of hydrogen-bond donors (Lipinski definition) is 1. The fourth-order valence-electron chi connectivity index (χ4n) is 5.38. The molecular weight excluding hydrogens is 444 g/mol. The summed E-state index contributed by atoms with van der Waals surface area (Å²) in [5, 5.41) is 14.0. The van der Waals surface area contributed by atoms with Crippen molar-refractivity contribution >= 4 is 10.9 Å². The van der Waals surface area contributed by atoms with Gasteiger partial charge in [0.1, 0.15) is 0 Å². The first-order valence-corrected chi connectivity index (χ1v) is 12.9. The smallest absolute Gasteiger partial charge is 0.252 e. The minimum Gasteiger partial charge on any atom is -0.454 e. The average Bonchev–Trinajstić information content (AvgIpc) is 3.61. The lowest BCUT2D eigenvalue weighted by atomic mass is 9.99. The van der Waals surface area contributed by atoms with Crippen molar-refractivity contribution in [3.8, 4) is 11.5 Å². The molecule has 1 aromatic carbocycles. The van der Waals surface area contributed by atoms with Gasteiger partial charge in [-0.15, -0.1) is 5.10 Å². The average molecular weight is 481 g/mol.